The average molecular weight is 656 g/mol. The Morgan fingerprint density at radius 2 is 1.67 bits per heavy atom. The molecule has 13 heteroatoms. The summed E-state index contributed by atoms with van der Waals surface area (Å²) in [7, 11) is 2.77. The van der Waals surface area contributed by atoms with E-state index in [0.717, 1.165) is 4.90 Å². The summed E-state index contributed by atoms with van der Waals surface area (Å²) in [6, 6.07) is 7.20. The maximum atomic E-state index is 14.3. The molecule has 1 aromatic heterocycles. The van der Waals surface area contributed by atoms with Crippen LogP contribution in [-0.2, 0) is 25.5 Å². The molecular formula is C35H29NO12. The Morgan fingerprint density at radius 3 is 2.35 bits per heavy atom. The standard InChI is InChI=1S/C35H29NO12/c1-6-7-22(37)46-14-34(2)33(43)48-35(3)13-16-10-15-8-9-17-25(23(15)29(40)24(16)32(42)36(34)35)30(41)26-27(38)18-11-20(44-4)21(45-5)12-19(18)47-31(26)28(17)39/h8-12,40H,6-7,13-14H2,1-5H3/t34-,35+/m1/s1. The zero-order chi connectivity index (χ0) is 34.4. The molecule has 3 heterocycles. The second-order valence-electron chi connectivity index (χ2n) is 12.4. The number of methoxy groups -OCH3 is 2. The van der Waals surface area contributed by atoms with Gasteiger partial charge in [-0.3, -0.25) is 28.9 Å². The number of phenols is 1. The molecule has 1 N–H and O–H groups in total. The molecule has 48 heavy (non-hydrogen) atoms. The number of hydrogen-bond donors (Lipinski definition) is 1. The summed E-state index contributed by atoms with van der Waals surface area (Å²) in [5.74, 6) is -4.45. The van der Waals surface area contributed by atoms with Crippen molar-refractivity contribution in [2.24, 2.45) is 0 Å². The number of nitrogens with zero attached hydrogens (tertiary/aromatic N) is 1. The second kappa shape index (κ2) is 10.4. The second-order valence-corrected chi connectivity index (χ2v) is 12.4. The number of esters is 2. The Hall–Kier alpha value is -5.72. The van der Waals surface area contributed by atoms with Gasteiger partial charge in [-0.1, -0.05) is 13.0 Å². The number of carbonyl (C=O) groups excluding carboxylic acids is 5. The van der Waals surface area contributed by atoms with Crippen molar-refractivity contribution in [3.05, 3.63) is 74.1 Å². The molecule has 7 rings (SSSR count). The summed E-state index contributed by atoms with van der Waals surface area (Å²) in [6.45, 7) is 4.28. The maximum absolute atomic E-state index is 14.3. The summed E-state index contributed by atoms with van der Waals surface area (Å²) >= 11 is 0. The van der Waals surface area contributed by atoms with E-state index in [1.165, 1.54) is 45.4 Å². The lowest BCUT2D eigenvalue weighted by molar-refractivity contribution is -0.153. The lowest BCUT2D eigenvalue weighted by Crippen LogP contribution is -2.61. The highest BCUT2D eigenvalue weighted by atomic mass is 16.6. The quantitative estimate of drug-likeness (QED) is 0.262. The van der Waals surface area contributed by atoms with Gasteiger partial charge in [-0.05, 0) is 49.4 Å². The lowest BCUT2D eigenvalue weighted by Gasteiger charge is -2.42. The number of rotatable bonds is 6. The van der Waals surface area contributed by atoms with Gasteiger partial charge in [-0.25, -0.2) is 4.79 Å². The van der Waals surface area contributed by atoms with Gasteiger partial charge in [-0.15, -0.1) is 0 Å². The van der Waals surface area contributed by atoms with Crippen LogP contribution in [0.25, 0.3) is 21.7 Å². The molecule has 1 saturated heterocycles. The molecule has 2 aliphatic heterocycles. The van der Waals surface area contributed by atoms with Crippen molar-refractivity contribution in [1.82, 2.24) is 4.90 Å². The Labute approximate surface area is 271 Å². The zero-order valence-electron chi connectivity index (χ0n) is 26.6. The highest BCUT2D eigenvalue weighted by Crippen LogP contribution is 2.48. The molecule has 3 aromatic carbocycles. The number of benzene rings is 3. The predicted molar refractivity (Wildman–Crippen MR) is 167 cm³/mol. The molecule has 0 radical (unpaired) electrons. The van der Waals surface area contributed by atoms with E-state index < -0.39 is 69.8 Å². The van der Waals surface area contributed by atoms with Crippen LogP contribution in [0.4, 0.5) is 0 Å². The normalized spacial score (nSPS) is 21.1. The van der Waals surface area contributed by atoms with Crippen LogP contribution in [-0.4, -0.2) is 71.5 Å². The molecule has 0 unspecified atom stereocenters. The summed E-state index contributed by atoms with van der Waals surface area (Å²) in [5, 5.41) is 12.0. The third-order valence-electron chi connectivity index (χ3n) is 9.29. The van der Waals surface area contributed by atoms with Crippen LogP contribution in [0.5, 0.6) is 17.2 Å². The van der Waals surface area contributed by atoms with E-state index in [9.17, 15) is 33.9 Å². The van der Waals surface area contributed by atoms with Crippen molar-refractivity contribution in [2.75, 3.05) is 20.8 Å². The zero-order valence-corrected chi connectivity index (χ0v) is 26.6. The molecule has 1 fully saturated rings. The molecule has 13 nitrogen and oxygen atoms in total. The predicted octanol–water partition coefficient (Wildman–Crippen LogP) is 3.82. The highest BCUT2D eigenvalue weighted by Gasteiger charge is 2.64. The van der Waals surface area contributed by atoms with Gasteiger partial charge in [0, 0.05) is 35.4 Å². The molecule has 246 valence electrons. The summed E-state index contributed by atoms with van der Waals surface area (Å²) in [5.41, 5.74) is -4.83. The number of aromatic hydroxyl groups is 1. The topological polar surface area (TPSA) is 176 Å². The van der Waals surface area contributed by atoms with Crippen LogP contribution in [0, 0.1) is 0 Å². The van der Waals surface area contributed by atoms with Gasteiger partial charge in [0.05, 0.1) is 25.2 Å². The fraction of sp³-hybridized carbons (Fsp3) is 0.314. The van der Waals surface area contributed by atoms with Gasteiger partial charge in [-0.2, -0.15) is 0 Å². The fourth-order valence-electron chi connectivity index (χ4n) is 7.08. The minimum Gasteiger partial charge on any atom is -0.506 e. The van der Waals surface area contributed by atoms with Crippen molar-refractivity contribution in [3.63, 3.8) is 0 Å². The van der Waals surface area contributed by atoms with Crippen LogP contribution in [0.2, 0.25) is 0 Å². The third kappa shape index (κ3) is 4.02. The first-order valence-electron chi connectivity index (χ1n) is 15.2. The SMILES string of the molecule is CCCC(=O)OC[C@]1(C)C(=O)O[C@@]2(C)Cc3cc4ccc5c(c4c(O)c3C(=O)N21)C(=O)c1c(oc2cc(OC)c(OC)cc2c1=O)C5=O. The largest absolute Gasteiger partial charge is 0.506 e. The molecule has 1 amide bonds. The van der Waals surface area contributed by atoms with E-state index in [1.54, 1.807) is 19.9 Å². The van der Waals surface area contributed by atoms with Crippen LogP contribution >= 0.6 is 0 Å². The van der Waals surface area contributed by atoms with Crippen LogP contribution in [0.3, 0.4) is 0 Å². The third-order valence-corrected chi connectivity index (χ3v) is 9.29. The molecule has 3 aliphatic rings. The summed E-state index contributed by atoms with van der Waals surface area (Å²) in [4.78, 5) is 82.7. The monoisotopic (exact) mass is 655 g/mol. The molecule has 4 aromatic rings. The van der Waals surface area contributed by atoms with E-state index in [-0.39, 0.29) is 57.4 Å². The van der Waals surface area contributed by atoms with Crippen molar-refractivity contribution >= 4 is 51.2 Å². The molecule has 0 bridgehead atoms. The number of hydrogen-bond acceptors (Lipinski definition) is 12. The first-order chi connectivity index (χ1) is 22.8. The number of amides is 1. The lowest BCUT2D eigenvalue weighted by atomic mass is 9.80. The highest BCUT2D eigenvalue weighted by molar-refractivity contribution is 6.32. The maximum Gasteiger partial charge on any atom is 0.337 e. The van der Waals surface area contributed by atoms with Crippen LogP contribution in [0.15, 0.2) is 39.5 Å². The number of carbonyl (C=O) groups is 5. The van der Waals surface area contributed by atoms with Crippen LogP contribution in [0.1, 0.15) is 81.6 Å². The van der Waals surface area contributed by atoms with Crippen molar-refractivity contribution in [2.45, 2.75) is 51.3 Å². The summed E-state index contributed by atoms with van der Waals surface area (Å²) < 4.78 is 27.5. The van der Waals surface area contributed by atoms with E-state index in [1.807, 2.05) is 0 Å². The number of phenolic OH excluding ortho intramolecular Hbond substituents is 1. The Morgan fingerprint density at radius 1 is 0.958 bits per heavy atom. The first-order valence-corrected chi connectivity index (χ1v) is 15.2. The van der Waals surface area contributed by atoms with Gasteiger partial charge >= 0.3 is 11.9 Å². The van der Waals surface area contributed by atoms with Crippen molar-refractivity contribution < 1.29 is 52.4 Å². The van der Waals surface area contributed by atoms with Crippen LogP contribution < -0.4 is 14.9 Å². The Balaban J connectivity index is 1.40. The van der Waals surface area contributed by atoms with Gasteiger partial charge in [0.2, 0.25) is 17.0 Å². The molecular weight excluding hydrogens is 626 g/mol. The minimum absolute atomic E-state index is 0.00171. The van der Waals surface area contributed by atoms with E-state index in [2.05, 4.69) is 0 Å². The Kier molecular flexibility index (Phi) is 6.69. The summed E-state index contributed by atoms with van der Waals surface area (Å²) in [6.07, 6.45) is 0.601. The average Bonchev–Trinajstić information content (AvgIpc) is 3.25. The van der Waals surface area contributed by atoms with Crippen molar-refractivity contribution in [3.8, 4) is 17.2 Å². The molecule has 1 aliphatic carbocycles. The smallest absolute Gasteiger partial charge is 0.337 e. The van der Waals surface area contributed by atoms with Gasteiger partial charge in [0.25, 0.3) is 5.91 Å². The van der Waals surface area contributed by atoms with Gasteiger partial charge < -0.3 is 28.5 Å². The van der Waals surface area contributed by atoms with E-state index in [0.29, 0.717) is 17.4 Å². The van der Waals surface area contributed by atoms with Gasteiger partial charge in [0.1, 0.15) is 23.5 Å². The van der Waals surface area contributed by atoms with E-state index >= 15 is 0 Å². The number of fused-ring (bicyclic) bond motifs is 7. The molecule has 2 atom stereocenters. The number of ether oxygens (including phenoxy) is 4. The molecule has 0 saturated carbocycles. The van der Waals surface area contributed by atoms with Crippen molar-refractivity contribution in [1.29, 1.82) is 0 Å². The van der Waals surface area contributed by atoms with E-state index in [4.69, 9.17) is 23.4 Å². The number of ketones is 2. The molecule has 0 spiro atoms. The minimum atomic E-state index is -1.72. The van der Waals surface area contributed by atoms with Gasteiger partial charge in [0.15, 0.2) is 28.5 Å². The Bertz CT molecular complexity index is 2250. The first kappa shape index (κ1) is 30.9. The fourth-order valence-corrected chi connectivity index (χ4v) is 7.08.